The number of methoxy groups -OCH3 is 2. The lowest BCUT2D eigenvalue weighted by Crippen LogP contribution is -2.42. The molecule has 3 amide bonds. The first kappa shape index (κ1) is 22.6. The number of rotatable bonds is 6. The maximum Gasteiger partial charge on any atom is 0.294 e. The first-order valence-electron chi connectivity index (χ1n) is 9.79. The summed E-state index contributed by atoms with van der Waals surface area (Å²) in [5.74, 6) is -0.512. The number of nitro benzene ring substituents is 1. The summed E-state index contributed by atoms with van der Waals surface area (Å²) in [7, 11) is 2.74. The Morgan fingerprint density at radius 1 is 1.13 bits per heavy atom. The number of amides is 3. The van der Waals surface area contributed by atoms with Gasteiger partial charge in [-0.15, -0.1) is 0 Å². The van der Waals surface area contributed by atoms with Crippen LogP contribution in [0.25, 0.3) is 6.08 Å². The molecule has 2 fully saturated rings. The first-order valence-corrected chi connectivity index (χ1v) is 10.6. The third kappa shape index (κ3) is 4.98. The quantitative estimate of drug-likeness (QED) is 0.369. The highest BCUT2D eigenvalue weighted by atomic mass is 32.2. The molecule has 0 bridgehead atoms. The Hall–Kier alpha value is -3.08. The standard InChI is InChI=1S/C20H23N3O7S/c1-29-15-9-13(14(23(27)28)11-16(15)30-2)10-17-19(25)22(20(26)31-17)12-18(24)21-7-5-3-4-6-8-21/h9-11H,3-8,12H2,1-2H3. The first-order chi connectivity index (χ1) is 14.8. The van der Waals surface area contributed by atoms with E-state index in [1.54, 1.807) is 4.90 Å². The molecule has 2 saturated heterocycles. The average Bonchev–Trinajstić information content (AvgIpc) is 2.95. The predicted octanol–water partition coefficient (Wildman–Crippen LogP) is 3.05. The van der Waals surface area contributed by atoms with Crippen LogP contribution >= 0.6 is 11.8 Å². The second kappa shape index (κ2) is 9.82. The number of carbonyl (C=O) groups is 3. The molecule has 0 aliphatic carbocycles. The number of ether oxygens (including phenoxy) is 2. The molecule has 31 heavy (non-hydrogen) atoms. The van der Waals surface area contributed by atoms with Crippen LogP contribution in [0.15, 0.2) is 17.0 Å². The van der Waals surface area contributed by atoms with Crippen molar-refractivity contribution in [2.75, 3.05) is 33.9 Å². The zero-order valence-corrected chi connectivity index (χ0v) is 18.1. The van der Waals surface area contributed by atoms with Crippen molar-refractivity contribution in [1.29, 1.82) is 0 Å². The molecule has 3 rings (SSSR count). The molecule has 11 heteroatoms. The van der Waals surface area contributed by atoms with Crippen LogP contribution in [0, 0.1) is 10.1 Å². The van der Waals surface area contributed by atoms with Crippen LogP contribution in [0.4, 0.5) is 10.5 Å². The summed E-state index contributed by atoms with van der Waals surface area (Å²) in [5, 5.41) is 10.9. The van der Waals surface area contributed by atoms with Crippen LogP contribution < -0.4 is 9.47 Å². The van der Waals surface area contributed by atoms with Gasteiger partial charge in [-0.1, -0.05) is 12.8 Å². The van der Waals surface area contributed by atoms with Gasteiger partial charge < -0.3 is 14.4 Å². The molecule has 2 heterocycles. The van der Waals surface area contributed by atoms with Crippen LogP contribution in [0.3, 0.4) is 0 Å². The fraction of sp³-hybridized carbons (Fsp3) is 0.450. The van der Waals surface area contributed by atoms with Gasteiger partial charge in [0.05, 0.1) is 35.7 Å². The molecule has 0 spiro atoms. The Balaban J connectivity index is 1.84. The summed E-state index contributed by atoms with van der Waals surface area (Å²) >= 11 is 0.646. The molecule has 2 aliphatic heterocycles. The van der Waals surface area contributed by atoms with Gasteiger partial charge in [0.2, 0.25) is 5.91 Å². The van der Waals surface area contributed by atoms with E-state index >= 15 is 0 Å². The number of benzene rings is 1. The topological polar surface area (TPSA) is 119 Å². The summed E-state index contributed by atoms with van der Waals surface area (Å²) in [6.45, 7) is 0.890. The highest BCUT2D eigenvalue weighted by molar-refractivity contribution is 8.18. The van der Waals surface area contributed by atoms with Gasteiger partial charge >= 0.3 is 0 Å². The third-order valence-electron chi connectivity index (χ3n) is 5.14. The molecule has 166 valence electrons. The number of carbonyl (C=O) groups excluding carboxylic acids is 3. The molecule has 0 radical (unpaired) electrons. The maximum atomic E-state index is 12.8. The Labute approximate surface area is 183 Å². The fourth-order valence-corrected chi connectivity index (χ4v) is 4.32. The minimum absolute atomic E-state index is 0.00369. The zero-order valence-electron chi connectivity index (χ0n) is 17.3. The van der Waals surface area contributed by atoms with Gasteiger partial charge in [0.25, 0.3) is 16.8 Å². The molecule has 0 atom stereocenters. The van der Waals surface area contributed by atoms with E-state index < -0.39 is 16.1 Å². The number of hydrogen-bond donors (Lipinski definition) is 0. The maximum absolute atomic E-state index is 12.8. The molecule has 0 saturated carbocycles. The van der Waals surface area contributed by atoms with E-state index in [-0.39, 0.29) is 40.1 Å². The van der Waals surface area contributed by atoms with E-state index in [2.05, 4.69) is 0 Å². The number of hydrogen-bond acceptors (Lipinski definition) is 8. The Morgan fingerprint density at radius 2 is 1.74 bits per heavy atom. The van der Waals surface area contributed by atoms with Crippen LogP contribution in [-0.2, 0) is 9.59 Å². The second-order valence-corrected chi connectivity index (χ2v) is 8.08. The van der Waals surface area contributed by atoms with Crippen molar-refractivity contribution in [3.05, 3.63) is 32.7 Å². The van der Waals surface area contributed by atoms with Crippen LogP contribution in [0.1, 0.15) is 31.2 Å². The summed E-state index contributed by atoms with van der Waals surface area (Å²) < 4.78 is 10.3. The van der Waals surface area contributed by atoms with Crippen molar-refractivity contribution in [3.63, 3.8) is 0 Å². The largest absolute Gasteiger partial charge is 0.493 e. The molecule has 10 nitrogen and oxygen atoms in total. The van der Waals surface area contributed by atoms with Gasteiger partial charge in [-0.3, -0.25) is 29.4 Å². The summed E-state index contributed by atoms with van der Waals surface area (Å²) in [4.78, 5) is 51.2. The van der Waals surface area contributed by atoms with E-state index in [0.717, 1.165) is 30.6 Å². The highest BCUT2D eigenvalue weighted by Gasteiger charge is 2.37. The van der Waals surface area contributed by atoms with Gasteiger partial charge in [-0.05, 0) is 36.7 Å². The van der Waals surface area contributed by atoms with Gasteiger partial charge in [-0.2, -0.15) is 0 Å². The normalized spacial score (nSPS) is 18.3. The minimum atomic E-state index is -0.651. The lowest BCUT2D eigenvalue weighted by Gasteiger charge is -2.22. The smallest absolute Gasteiger partial charge is 0.294 e. The molecule has 2 aliphatic rings. The minimum Gasteiger partial charge on any atom is -0.493 e. The molecule has 0 aromatic heterocycles. The van der Waals surface area contributed by atoms with Crippen LogP contribution in [0.2, 0.25) is 0 Å². The zero-order chi connectivity index (χ0) is 22.5. The molecule has 1 aromatic rings. The van der Waals surface area contributed by atoms with Crippen molar-refractivity contribution < 1.29 is 28.8 Å². The van der Waals surface area contributed by atoms with Gasteiger partial charge in [-0.25, -0.2) is 0 Å². The number of likely N-dealkylation sites (tertiary alicyclic amines) is 1. The van der Waals surface area contributed by atoms with Crippen molar-refractivity contribution in [2.24, 2.45) is 0 Å². The monoisotopic (exact) mass is 449 g/mol. The lowest BCUT2D eigenvalue weighted by atomic mass is 10.1. The van der Waals surface area contributed by atoms with Crippen molar-refractivity contribution in [1.82, 2.24) is 9.80 Å². The molecule has 1 aromatic carbocycles. The molecule has 0 N–H and O–H groups in total. The van der Waals surface area contributed by atoms with Gasteiger partial charge in [0, 0.05) is 13.1 Å². The molecular weight excluding hydrogens is 426 g/mol. The number of nitro groups is 1. The SMILES string of the molecule is COc1cc(C=C2SC(=O)N(CC(=O)N3CCCCCC3)C2=O)c([N+](=O)[O-])cc1OC. The van der Waals surface area contributed by atoms with Gasteiger partial charge in [0.15, 0.2) is 11.5 Å². The Kier molecular flexibility index (Phi) is 7.16. The van der Waals surface area contributed by atoms with Crippen LogP contribution in [-0.4, -0.2) is 65.6 Å². The van der Waals surface area contributed by atoms with Crippen molar-refractivity contribution >= 4 is 40.6 Å². The Morgan fingerprint density at radius 3 is 2.32 bits per heavy atom. The van der Waals surface area contributed by atoms with E-state index in [1.807, 2.05) is 0 Å². The molecule has 0 unspecified atom stereocenters. The second-order valence-electron chi connectivity index (χ2n) is 7.09. The van der Waals surface area contributed by atoms with Crippen LogP contribution in [0.5, 0.6) is 11.5 Å². The Bertz CT molecular complexity index is 939. The number of imide groups is 1. The highest BCUT2D eigenvalue weighted by Crippen LogP contribution is 2.38. The third-order valence-corrected chi connectivity index (χ3v) is 6.05. The lowest BCUT2D eigenvalue weighted by molar-refractivity contribution is -0.385. The van der Waals surface area contributed by atoms with Crippen molar-refractivity contribution in [3.8, 4) is 11.5 Å². The summed E-state index contributed by atoms with van der Waals surface area (Å²) in [6.07, 6.45) is 5.17. The predicted molar refractivity (Wildman–Crippen MR) is 114 cm³/mol. The number of thioether (sulfide) groups is 1. The number of nitrogens with zero attached hydrogens (tertiary/aromatic N) is 3. The summed E-state index contributed by atoms with van der Waals surface area (Å²) in [6, 6.07) is 2.56. The van der Waals surface area contributed by atoms with Gasteiger partial charge in [0.1, 0.15) is 6.54 Å². The fourth-order valence-electron chi connectivity index (χ4n) is 3.49. The van der Waals surface area contributed by atoms with E-state index in [1.165, 1.54) is 32.4 Å². The van der Waals surface area contributed by atoms with Crippen molar-refractivity contribution in [2.45, 2.75) is 25.7 Å². The summed E-state index contributed by atoms with van der Waals surface area (Å²) in [5.41, 5.74) is -0.211. The average molecular weight is 449 g/mol. The van der Waals surface area contributed by atoms with E-state index in [4.69, 9.17) is 9.47 Å². The van der Waals surface area contributed by atoms with E-state index in [9.17, 15) is 24.5 Å². The van der Waals surface area contributed by atoms with E-state index in [0.29, 0.717) is 24.9 Å². The molecular formula is C20H23N3O7S.